The van der Waals surface area contributed by atoms with Crippen LogP contribution in [0.1, 0.15) is 35.3 Å². The van der Waals surface area contributed by atoms with E-state index < -0.39 is 5.97 Å². The number of hydrogen-bond donors (Lipinski definition) is 1. The normalized spacial score (nSPS) is 10.5. The van der Waals surface area contributed by atoms with Crippen LogP contribution in [0, 0.1) is 13.8 Å². The Morgan fingerprint density at radius 1 is 1.33 bits per heavy atom. The number of carbonyl (C=O) groups is 1. The largest absolute Gasteiger partial charge is 0.491 e. The fourth-order valence-electron chi connectivity index (χ4n) is 1.42. The molecule has 0 amide bonds. The van der Waals surface area contributed by atoms with E-state index in [1.165, 1.54) is 0 Å². The van der Waals surface area contributed by atoms with Crippen molar-refractivity contribution in [3.05, 3.63) is 28.8 Å². The third-order valence-corrected chi connectivity index (χ3v) is 2.10. The number of hydrogen-bond acceptors (Lipinski definition) is 2. The standard InChI is InChI=1S/C12H16O3/c1-7(2)15-11-6-8(3)5-10(9(11)4)12(13)14/h5-7H,1-4H3,(H,13,14). The molecule has 0 heterocycles. The molecule has 0 fully saturated rings. The van der Waals surface area contributed by atoms with E-state index in [0.717, 1.165) is 5.56 Å². The van der Waals surface area contributed by atoms with Gasteiger partial charge in [-0.15, -0.1) is 0 Å². The molecule has 0 saturated heterocycles. The lowest BCUT2D eigenvalue weighted by Gasteiger charge is -2.14. The third kappa shape index (κ3) is 2.72. The van der Waals surface area contributed by atoms with Crippen LogP contribution in [0.4, 0.5) is 0 Å². The minimum Gasteiger partial charge on any atom is -0.491 e. The summed E-state index contributed by atoms with van der Waals surface area (Å²) in [6.45, 7) is 7.46. The Balaban J connectivity index is 3.22. The smallest absolute Gasteiger partial charge is 0.336 e. The summed E-state index contributed by atoms with van der Waals surface area (Å²) in [6.07, 6.45) is 0.0483. The predicted molar refractivity (Wildman–Crippen MR) is 58.6 cm³/mol. The molecule has 0 bridgehead atoms. The number of benzene rings is 1. The molecule has 0 radical (unpaired) electrons. The van der Waals surface area contributed by atoms with Crippen LogP contribution < -0.4 is 4.74 Å². The number of rotatable bonds is 3. The molecule has 0 atom stereocenters. The second kappa shape index (κ2) is 4.34. The van der Waals surface area contributed by atoms with Crippen LogP contribution in [0.2, 0.25) is 0 Å². The first-order valence-corrected chi connectivity index (χ1v) is 4.93. The molecule has 82 valence electrons. The third-order valence-electron chi connectivity index (χ3n) is 2.10. The van der Waals surface area contributed by atoms with Crippen molar-refractivity contribution < 1.29 is 14.6 Å². The number of carboxylic acid groups (broad SMARTS) is 1. The molecule has 0 aromatic heterocycles. The van der Waals surface area contributed by atoms with E-state index in [1.54, 1.807) is 13.0 Å². The summed E-state index contributed by atoms with van der Waals surface area (Å²) in [4.78, 5) is 11.0. The highest BCUT2D eigenvalue weighted by atomic mass is 16.5. The number of ether oxygens (including phenoxy) is 1. The molecular formula is C12H16O3. The average molecular weight is 208 g/mol. The highest BCUT2D eigenvalue weighted by Gasteiger charge is 2.13. The lowest BCUT2D eigenvalue weighted by atomic mass is 10.0. The van der Waals surface area contributed by atoms with E-state index >= 15 is 0 Å². The molecule has 0 spiro atoms. The number of aryl methyl sites for hydroxylation is 1. The van der Waals surface area contributed by atoms with E-state index in [-0.39, 0.29) is 6.10 Å². The monoisotopic (exact) mass is 208 g/mol. The van der Waals surface area contributed by atoms with Crippen LogP contribution in [0.3, 0.4) is 0 Å². The van der Waals surface area contributed by atoms with Gasteiger partial charge in [0, 0.05) is 5.56 Å². The number of aromatic carboxylic acids is 1. The molecule has 0 saturated carbocycles. The van der Waals surface area contributed by atoms with Gasteiger partial charge in [0.1, 0.15) is 5.75 Å². The summed E-state index contributed by atoms with van der Waals surface area (Å²) in [5.74, 6) is -0.257. The van der Waals surface area contributed by atoms with Crippen molar-refractivity contribution in [3.8, 4) is 5.75 Å². The Labute approximate surface area is 89.7 Å². The van der Waals surface area contributed by atoms with Gasteiger partial charge < -0.3 is 9.84 Å². The summed E-state index contributed by atoms with van der Waals surface area (Å²) in [5.41, 5.74) is 1.89. The van der Waals surface area contributed by atoms with E-state index in [1.807, 2.05) is 26.8 Å². The first-order valence-electron chi connectivity index (χ1n) is 4.93. The van der Waals surface area contributed by atoms with Crippen molar-refractivity contribution in [2.75, 3.05) is 0 Å². The van der Waals surface area contributed by atoms with E-state index in [2.05, 4.69) is 0 Å². The molecule has 0 aliphatic rings. The Morgan fingerprint density at radius 2 is 1.93 bits per heavy atom. The van der Waals surface area contributed by atoms with E-state index in [9.17, 15) is 4.79 Å². The van der Waals surface area contributed by atoms with Crippen LogP contribution in [0.25, 0.3) is 0 Å². The highest BCUT2D eigenvalue weighted by Crippen LogP contribution is 2.24. The molecule has 0 aliphatic heterocycles. The van der Waals surface area contributed by atoms with Crippen LogP contribution >= 0.6 is 0 Å². The summed E-state index contributed by atoms with van der Waals surface area (Å²) >= 11 is 0. The van der Waals surface area contributed by atoms with Gasteiger partial charge >= 0.3 is 5.97 Å². The van der Waals surface area contributed by atoms with Crippen molar-refractivity contribution in [1.82, 2.24) is 0 Å². The van der Waals surface area contributed by atoms with E-state index in [4.69, 9.17) is 9.84 Å². The predicted octanol–water partition coefficient (Wildman–Crippen LogP) is 2.79. The maximum absolute atomic E-state index is 11.0. The highest BCUT2D eigenvalue weighted by molar-refractivity contribution is 5.90. The van der Waals surface area contributed by atoms with Gasteiger partial charge in [-0.1, -0.05) is 0 Å². The summed E-state index contributed by atoms with van der Waals surface area (Å²) in [6, 6.07) is 3.52. The van der Waals surface area contributed by atoms with Gasteiger partial charge in [-0.2, -0.15) is 0 Å². The zero-order chi connectivity index (χ0) is 11.6. The summed E-state index contributed by atoms with van der Waals surface area (Å²) in [7, 11) is 0. The van der Waals surface area contributed by atoms with Crippen molar-refractivity contribution >= 4 is 5.97 Å². The molecular weight excluding hydrogens is 192 g/mol. The Bertz CT molecular complexity index is 381. The van der Waals surface area contributed by atoms with Crippen molar-refractivity contribution in [1.29, 1.82) is 0 Å². The zero-order valence-electron chi connectivity index (χ0n) is 9.50. The minimum atomic E-state index is -0.912. The molecule has 0 unspecified atom stereocenters. The zero-order valence-corrected chi connectivity index (χ0v) is 9.50. The fraction of sp³-hybridized carbons (Fsp3) is 0.417. The molecule has 15 heavy (non-hydrogen) atoms. The molecule has 3 heteroatoms. The lowest BCUT2D eigenvalue weighted by Crippen LogP contribution is -2.09. The van der Waals surface area contributed by atoms with Gasteiger partial charge in [0.15, 0.2) is 0 Å². The first kappa shape index (κ1) is 11.6. The Kier molecular flexibility index (Phi) is 3.35. The number of carboxylic acids is 1. The van der Waals surface area contributed by atoms with Crippen LogP contribution in [-0.2, 0) is 0 Å². The van der Waals surface area contributed by atoms with Gasteiger partial charge in [-0.25, -0.2) is 4.79 Å². The molecule has 3 nitrogen and oxygen atoms in total. The first-order chi connectivity index (χ1) is 6.91. The molecule has 1 aromatic rings. The minimum absolute atomic E-state index is 0.0483. The van der Waals surface area contributed by atoms with Gasteiger partial charge in [0.2, 0.25) is 0 Å². The van der Waals surface area contributed by atoms with Crippen molar-refractivity contribution in [2.24, 2.45) is 0 Å². The van der Waals surface area contributed by atoms with Crippen molar-refractivity contribution in [3.63, 3.8) is 0 Å². The van der Waals surface area contributed by atoms with E-state index in [0.29, 0.717) is 16.9 Å². The lowest BCUT2D eigenvalue weighted by molar-refractivity contribution is 0.0695. The van der Waals surface area contributed by atoms with Crippen LogP contribution in [-0.4, -0.2) is 17.2 Å². The second-order valence-corrected chi connectivity index (χ2v) is 3.91. The van der Waals surface area contributed by atoms with Gasteiger partial charge in [-0.05, 0) is 45.4 Å². The van der Waals surface area contributed by atoms with Crippen LogP contribution in [0.15, 0.2) is 12.1 Å². The Morgan fingerprint density at radius 3 is 2.40 bits per heavy atom. The fourth-order valence-corrected chi connectivity index (χ4v) is 1.42. The average Bonchev–Trinajstić information content (AvgIpc) is 2.09. The molecule has 1 aromatic carbocycles. The van der Waals surface area contributed by atoms with Gasteiger partial charge in [0.05, 0.1) is 11.7 Å². The van der Waals surface area contributed by atoms with Gasteiger partial charge in [-0.3, -0.25) is 0 Å². The SMILES string of the molecule is Cc1cc(OC(C)C)c(C)c(C(=O)O)c1. The molecule has 1 rings (SSSR count). The molecule has 0 aliphatic carbocycles. The van der Waals surface area contributed by atoms with Gasteiger partial charge in [0.25, 0.3) is 0 Å². The van der Waals surface area contributed by atoms with Crippen LogP contribution in [0.5, 0.6) is 5.75 Å². The Hall–Kier alpha value is -1.51. The molecule has 1 N–H and O–H groups in total. The summed E-state index contributed by atoms with van der Waals surface area (Å²) < 4.78 is 5.55. The quantitative estimate of drug-likeness (QED) is 0.830. The maximum atomic E-state index is 11.0. The maximum Gasteiger partial charge on any atom is 0.336 e. The van der Waals surface area contributed by atoms with Crippen molar-refractivity contribution in [2.45, 2.75) is 33.8 Å². The topological polar surface area (TPSA) is 46.5 Å². The summed E-state index contributed by atoms with van der Waals surface area (Å²) in [5, 5.41) is 8.99. The second-order valence-electron chi connectivity index (χ2n) is 3.91.